The van der Waals surface area contributed by atoms with Crippen molar-refractivity contribution in [3.05, 3.63) is 33.9 Å². The molecule has 1 aromatic carbocycles. The highest BCUT2D eigenvalue weighted by Crippen LogP contribution is 2.29. The average Bonchev–Trinajstić information content (AvgIpc) is 2.26. The SMILES string of the molecule is CC[C@@H](O)[C@@H](N)c1cc(O)ccc1[N+](=O)[O-].Cl. The molecule has 0 fully saturated rings. The van der Waals surface area contributed by atoms with E-state index >= 15 is 0 Å². The topological polar surface area (TPSA) is 110 Å². The maximum Gasteiger partial charge on any atom is 0.274 e. The first-order chi connectivity index (χ1) is 7.47. The van der Waals surface area contributed by atoms with Crippen molar-refractivity contribution in [1.29, 1.82) is 0 Å². The molecule has 0 unspecified atom stereocenters. The fourth-order valence-electron chi connectivity index (χ4n) is 1.44. The van der Waals surface area contributed by atoms with Crippen LogP contribution in [0.15, 0.2) is 18.2 Å². The molecule has 0 spiro atoms. The van der Waals surface area contributed by atoms with Gasteiger partial charge in [-0.3, -0.25) is 10.1 Å². The van der Waals surface area contributed by atoms with Crippen LogP contribution in [-0.2, 0) is 0 Å². The minimum absolute atomic E-state index is 0. The Morgan fingerprint density at radius 1 is 1.53 bits per heavy atom. The maximum absolute atomic E-state index is 10.7. The third-order valence-corrected chi connectivity index (χ3v) is 2.40. The van der Waals surface area contributed by atoms with E-state index in [4.69, 9.17) is 5.73 Å². The molecule has 0 saturated heterocycles. The van der Waals surface area contributed by atoms with Gasteiger partial charge in [0.05, 0.1) is 22.6 Å². The number of rotatable bonds is 4. The molecule has 0 saturated carbocycles. The highest BCUT2D eigenvalue weighted by molar-refractivity contribution is 5.85. The lowest BCUT2D eigenvalue weighted by Gasteiger charge is -2.17. The normalized spacial score (nSPS) is 13.6. The number of hydrogen-bond donors (Lipinski definition) is 3. The van der Waals surface area contributed by atoms with Crippen molar-refractivity contribution in [3.63, 3.8) is 0 Å². The molecule has 0 aliphatic carbocycles. The van der Waals surface area contributed by atoms with Crippen LogP contribution in [0.1, 0.15) is 24.9 Å². The molecule has 1 aromatic rings. The Kier molecular flexibility index (Phi) is 5.87. The lowest BCUT2D eigenvalue weighted by atomic mass is 9.99. The van der Waals surface area contributed by atoms with Crippen LogP contribution in [0.2, 0.25) is 0 Å². The van der Waals surface area contributed by atoms with Gasteiger partial charge < -0.3 is 15.9 Å². The van der Waals surface area contributed by atoms with Crippen molar-refractivity contribution < 1.29 is 15.1 Å². The second kappa shape index (κ2) is 6.39. The van der Waals surface area contributed by atoms with Gasteiger partial charge in [0.15, 0.2) is 0 Å². The smallest absolute Gasteiger partial charge is 0.274 e. The lowest BCUT2D eigenvalue weighted by Crippen LogP contribution is -2.26. The van der Waals surface area contributed by atoms with Crippen molar-refractivity contribution in [1.82, 2.24) is 0 Å². The molecular weight excluding hydrogens is 248 g/mol. The van der Waals surface area contributed by atoms with Gasteiger partial charge in [-0.15, -0.1) is 12.4 Å². The predicted octanol–water partition coefficient (Wildman–Crippen LogP) is 1.49. The Morgan fingerprint density at radius 2 is 2.12 bits per heavy atom. The number of benzene rings is 1. The summed E-state index contributed by atoms with van der Waals surface area (Å²) in [4.78, 5) is 10.1. The van der Waals surface area contributed by atoms with Gasteiger partial charge in [-0.25, -0.2) is 0 Å². The largest absolute Gasteiger partial charge is 0.508 e. The molecule has 96 valence electrons. The number of nitro benzene ring substituents is 1. The molecule has 6 nitrogen and oxygen atoms in total. The number of hydrogen-bond acceptors (Lipinski definition) is 5. The number of nitrogens with zero attached hydrogens (tertiary/aromatic N) is 1. The summed E-state index contributed by atoms with van der Waals surface area (Å²) in [7, 11) is 0. The number of nitro groups is 1. The van der Waals surface area contributed by atoms with Crippen LogP contribution in [0, 0.1) is 10.1 Å². The predicted molar refractivity (Wildman–Crippen MR) is 65.2 cm³/mol. The zero-order valence-electron chi connectivity index (χ0n) is 9.24. The number of halogens is 1. The van der Waals surface area contributed by atoms with Gasteiger partial charge >= 0.3 is 0 Å². The van der Waals surface area contributed by atoms with Crippen LogP contribution in [-0.4, -0.2) is 21.2 Å². The van der Waals surface area contributed by atoms with Crippen molar-refractivity contribution in [2.45, 2.75) is 25.5 Å². The van der Waals surface area contributed by atoms with Crippen LogP contribution in [0.3, 0.4) is 0 Å². The fraction of sp³-hybridized carbons (Fsp3) is 0.400. The third-order valence-electron chi connectivity index (χ3n) is 2.40. The summed E-state index contributed by atoms with van der Waals surface area (Å²) in [5, 5.41) is 29.5. The monoisotopic (exact) mass is 262 g/mol. The van der Waals surface area contributed by atoms with E-state index in [-0.39, 0.29) is 29.4 Å². The van der Waals surface area contributed by atoms with E-state index in [0.29, 0.717) is 6.42 Å². The highest BCUT2D eigenvalue weighted by Gasteiger charge is 2.24. The van der Waals surface area contributed by atoms with E-state index in [1.807, 2.05) is 0 Å². The minimum atomic E-state index is -0.877. The van der Waals surface area contributed by atoms with E-state index in [2.05, 4.69) is 0 Å². The molecule has 0 amide bonds. The summed E-state index contributed by atoms with van der Waals surface area (Å²) >= 11 is 0. The Bertz CT molecular complexity index is 400. The fourth-order valence-corrected chi connectivity index (χ4v) is 1.44. The zero-order chi connectivity index (χ0) is 12.3. The number of phenols is 1. The molecule has 1 rings (SSSR count). The van der Waals surface area contributed by atoms with Crippen molar-refractivity contribution in [2.24, 2.45) is 5.73 Å². The van der Waals surface area contributed by atoms with Crippen molar-refractivity contribution >= 4 is 18.1 Å². The summed E-state index contributed by atoms with van der Waals surface area (Å²) in [6.45, 7) is 1.72. The Balaban J connectivity index is 0.00000256. The summed E-state index contributed by atoms with van der Waals surface area (Å²) in [6.07, 6.45) is -0.492. The molecular formula is C10H15ClN2O4. The molecule has 0 aliphatic heterocycles. The van der Waals surface area contributed by atoms with Gasteiger partial charge in [0.2, 0.25) is 0 Å². The molecule has 17 heavy (non-hydrogen) atoms. The summed E-state index contributed by atoms with van der Waals surface area (Å²) in [6, 6.07) is 2.72. The molecule has 0 radical (unpaired) electrons. The lowest BCUT2D eigenvalue weighted by molar-refractivity contribution is -0.385. The van der Waals surface area contributed by atoms with E-state index in [9.17, 15) is 20.3 Å². The van der Waals surface area contributed by atoms with Gasteiger partial charge in [-0.05, 0) is 18.6 Å². The minimum Gasteiger partial charge on any atom is -0.508 e. The second-order valence-electron chi connectivity index (χ2n) is 3.50. The van der Waals surface area contributed by atoms with Gasteiger partial charge in [0.1, 0.15) is 5.75 Å². The number of aliphatic hydroxyl groups excluding tert-OH is 1. The third kappa shape index (κ3) is 3.55. The van der Waals surface area contributed by atoms with Crippen LogP contribution >= 0.6 is 12.4 Å². The Morgan fingerprint density at radius 3 is 2.59 bits per heavy atom. The Hall–Kier alpha value is -1.37. The highest BCUT2D eigenvalue weighted by atomic mass is 35.5. The molecule has 4 N–H and O–H groups in total. The quantitative estimate of drug-likeness (QED) is 0.562. The number of aliphatic hydroxyl groups is 1. The first-order valence-electron chi connectivity index (χ1n) is 4.88. The summed E-state index contributed by atoms with van der Waals surface area (Å²) in [5.41, 5.74) is 5.63. The van der Waals surface area contributed by atoms with Crippen LogP contribution < -0.4 is 5.73 Å². The second-order valence-corrected chi connectivity index (χ2v) is 3.50. The van der Waals surface area contributed by atoms with Crippen LogP contribution in [0.4, 0.5) is 5.69 Å². The van der Waals surface area contributed by atoms with E-state index in [1.54, 1.807) is 6.92 Å². The van der Waals surface area contributed by atoms with Gasteiger partial charge in [0, 0.05) is 6.07 Å². The maximum atomic E-state index is 10.7. The first-order valence-corrected chi connectivity index (χ1v) is 4.88. The molecule has 0 heterocycles. The number of aromatic hydroxyl groups is 1. The van der Waals surface area contributed by atoms with Gasteiger partial charge in [0.25, 0.3) is 5.69 Å². The molecule has 0 aromatic heterocycles. The van der Waals surface area contributed by atoms with Crippen molar-refractivity contribution in [2.75, 3.05) is 0 Å². The number of nitrogens with two attached hydrogens (primary N) is 1. The molecule has 0 aliphatic rings. The molecule has 2 atom stereocenters. The summed E-state index contributed by atoms with van der Waals surface area (Å²) < 4.78 is 0. The van der Waals surface area contributed by atoms with E-state index in [1.165, 1.54) is 18.2 Å². The van der Waals surface area contributed by atoms with Crippen LogP contribution in [0.25, 0.3) is 0 Å². The first kappa shape index (κ1) is 15.6. The van der Waals surface area contributed by atoms with Crippen molar-refractivity contribution in [3.8, 4) is 5.75 Å². The van der Waals surface area contributed by atoms with Crippen LogP contribution in [0.5, 0.6) is 5.75 Å². The zero-order valence-corrected chi connectivity index (χ0v) is 10.1. The Labute approximate surface area is 105 Å². The van der Waals surface area contributed by atoms with E-state index < -0.39 is 17.1 Å². The van der Waals surface area contributed by atoms with Gasteiger partial charge in [-0.2, -0.15) is 0 Å². The molecule has 7 heteroatoms. The number of phenolic OH excluding ortho intramolecular Hbond substituents is 1. The average molecular weight is 263 g/mol. The molecule has 0 bridgehead atoms. The summed E-state index contributed by atoms with van der Waals surface area (Å²) in [5.74, 6) is -0.112. The van der Waals surface area contributed by atoms with E-state index in [0.717, 1.165) is 0 Å². The standard InChI is InChI=1S/C10H14N2O4.ClH/c1-2-9(14)10(11)7-5-6(13)3-4-8(7)12(15)16;/h3-5,9-10,13-14H,2,11H2,1H3;1H/t9-,10+;/m1./s1. The van der Waals surface area contributed by atoms with Gasteiger partial charge in [-0.1, -0.05) is 6.92 Å².